The van der Waals surface area contributed by atoms with Crippen molar-refractivity contribution in [3.8, 4) is 11.4 Å². The van der Waals surface area contributed by atoms with Crippen LogP contribution in [0.1, 0.15) is 32.6 Å². The zero-order valence-electron chi connectivity index (χ0n) is 15.6. The number of hydrogen-bond acceptors (Lipinski definition) is 7. The van der Waals surface area contributed by atoms with E-state index in [0.29, 0.717) is 29.8 Å². The van der Waals surface area contributed by atoms with Crippen molar-refractivity contribution in [1.82, 2.24) is 25.0 Å². The van der Waals surface area contributed by atoms with Crippen molar-refractivity contribution >= 4 is 23.2 Å². The summed E-state index contributed by atoms with van der Waals surface area (Å²) in [7, 11) is 0. The minimum absolute atomic E-state index is 0.470. The molecule has 4 rings (SSSR count). The average Bonchev–Trinajstić information content (AvgIpc) is 3.32. The van der Waals surface area contributed by atoms with Crippen molar-refractivity contribution in [2.75, 3.05) is 11.9 Å². The standard InChI is InChI=1S/C17H20N6O.CH3NO2/c1-2-24-14-9-7-13(8-10-14)23-16-15(21-22-23)11-18-17(20-16)19-12-5-3-4-6-12;2-1(3)4/h7-12H,2-6H2,1H3,(H,18,19,20);2H2,(H,3,4). The molecule has 148 valence electrons. The Balaban J connectivity index is 0.000000516. The third-order valence-corrected chi connectivity index (χ3v) is 4.27. The minimum atomic E-state index is -1.33. The lowest BCUT2D eigenvalue weighted by molar-refractivity contribution is 0.205. The van der Waals surface area contributed by atoms with Crippen LogP contribution in [0, 0.1) is 0 Å². The molecule has 0 spiro atoms. The summed E-state index contributed by atoms with van der Waals surface area (Å²) in [6.07, 6.45) is 5.28. The quantitative estimate of drug-likeness (QED) is 0.608. The Morgan fingerprint density at radius 3 is 2.64 bits per heavy atom. The topological polar surface area (TPSA) is 141 Å². The highest BCUT2D eigenvalue weighted by Gasteiger charge is 2.17. The van der Waals surface area contributed by atoms with E-state index < -0.39 is 6.09 Å². The average molecular weight is 385 g/mol. The molecule has 1 saturated carbocycles. The maximum atomic E-state index is 8.78. The second-order valence-electron chi connectivity index (χ2n) is 6.29. The molecular formula is C18H23N7O3. The van der Waals surface area contributed by atoms with Crippen molar-refractivity contribution in [3.63, 3.8) is 0 Å². The Morgan fingerprint density at radius 1 is 1.32 bits per heavy atom. The van der Waals surface area contributed by atoms with Crippen LogP contribution < -0.4 is 15.8 Å². The maximum absolute atomic E-state index is 8.78. The van der Waals surface area contributed by atoms with Crippen molar-refractivity contribution < 1.29 is 14.6 Å². The fourth-order valence-corrected chi connectivity index (χ4v) is 3.07. The summed E-state index contributed by atoms with van der Waals surface area (Å²) < 4.78 is 7.21. The van der Waals surface area contributed by atoms with E-state index in [4.69, 9.17) is 14.6 Å². The van der Waals surface area contributed by atoms with Crippen LogP contribution in [0.5, 0.6) is 5.75 Å². The first-order valence-corrected chi connectivity index (χ1v) is 9.13. The van der Waals surface area contributed by atoms with Crippen LogP contribution in [0.15, 0.2) is 30.5 Å². The molecule has 2 aromatic heterocycles. The third-order valence-electron chi connectivity index (χ3n) is 4.27. The summed E-state index contributed by atoms with van der Waals surface area (Å²) >= 11 is 0. The normalized spacial score (nSPS) is 13.8. The Morgan fingerprint density at radius 2 is 2.00 bits per heavy atom. The Hall–Kier alpha value is -3.43. The van der Waals surface area contributed by atoms with E-state index in [-0.39, 0.29) is 0 Å². The van der Waals surface area contributed by atoms with Crippen molar-refractivity contribution in [3.05, 3.63) is 30.5 Å². The second-order valence-corrected chi connectivity index (χ2v) is 6.29. The van der Waals surface area contributed by atoms with E-state index in [1.165, 1.54) is 25.7 Å². The number of benzene rings is 1. The number of anilines is 1. The van der Waals surface area contributed by atoms with Gasteiger partial charge in [-0.3, -0.25) is 0 Å². The molecule has 0 atom stereocenters. The van der Waals surface area contributed by atoms with E-state index in [1.54, 1.807) is 10.9 Å². The smallest absolute Gasteiger partial charge is 0.402 e. The van der Waals surface area contributed by atoms with Gasteiger partial charge in [-0.1, -0.05) is 18.1 Å². The first-order chi connectivity index (χ1) is 13.6. The fourth-order valence-electron chi connectivity index (χ4n) is 3.07. The molecular weight excluding hydrogens is 362 g/mol. The number of carboxylic acid groups (broad SMARTS) is 1. The van der Waals surface area contributed by atoms with E-state index in [2.05, 4.69) is 31.3 Å². The lowest BCUT2D eigenvalue weighted by atomic mass is 10.2. The number of carbonyl (C=O) groups is 1. The molecule has 10 heteroatoms. The molecule has 1 fully saturated rings. The number of rotatable bonds is 5. The summed E-state index contributed by atoms with van der Waals surface area (Å²) in [6.45, 7) is 2.61. The van der Waals surface area contributed by atoms with Gasteiger partial charge in [-0.25, -0.2) is 9.78 Å². The van der Waals surface area contributed by atoms with Gasteiger partial charge in [0.2, 0.25) is 5.95 Å². The number of nitrogens with two attached hydrogens (primary N) is 1. The predicted molar refractivity (Wildman–Crippen MR) is 104 cm³/mol. The lowest BCUT2D eigenvalue weighted by Crippen LogP contribution is -2.16. The Labute approximate surface area is 161 Å². The van der Waals surface area contributed by atoms with Crippen LogP contribution in [0.25, 0.3) is 16.9 Å². The zero-order chi connectivity index (χ0) is 19.9. The summed E-state index contributed by atoms with van der Waals surface area (Å²) in [6, 6.07) is 8.21. The first-order valence-electron chi connectivity index (χ1n) is 9.13. The molecule has 0 aliphatic heterocycles. The van der Waals surface area contributed by atoms with Crippen LogP contribution in [0.4, 0.5) is 10.7 Å². The largest absolute Gasteiger partial charge is 0.494 e. The van der Waals surface area contributed by atoms with Gasteiger partial charge in [0.05, 0.1) is 18.5 Å². The van der Waals surface area contributed by atoms with E-state index >= 15 is 0 Å². The second kappa shape index (κ2) is 8.98. The third kappa shape index (κ3) is 4.84. The molecule has 10 nitrogen and oxygen atoms in total. The Bertz CT molecular complexity index is 917. The number of primary amides is 1. The van der Waals surface area contributed by atoms with Crippen LogP contribution >= 0.6 is 0 Å². The number of aromatic nitrogens is 5. The highest BCUT2D eigenvalue weighted by molar-refractivity contribution is 5.72. The highest BCUT2D eigenvalue weighted by atomic mass is 16.5. The van der Waals surface area contributed by atoms with Gasteiger partial charge in [-0.2, -0.15) is 9.67 Å². The van der Waals surface area contributed by atoms with Gasteiger partial charge in [0.25, 0.3) is 0 Å². The van der Waals surface area contributed by atoms with Gasteiger partial charge < -0.3 is 20.9 Å². The van der Waals surface area contributed by atoms with Gasteiger partial charge >= 0.3 is 6.09 Å². The summed E-state index contributed by atoms with van der Waals surface area (Å²) in [5.41, 5.74) is 6.31. The van der Waals surface area contributed by atoms with Gasteiger partial charge in [0, 0.05) is 6.04 Å². The molecule has 1 amide bonds. The molecule has 0 bridgehead atoms. The summed E-state index contributed by atoms with van der Waals surface area (Å²) in [5, 5.41) is 19.0. The van der Waals surface area contributed by atoms with Crippen LogP contribution in [0.3, 0.4) is 0 Å². The maximum Gasteiger partial charge on any atom is 0.402 e. The van der Waals surface area contributed by atoms with Gasteiger partial charge in [0.1, 0.15) is 5.75 Å². The molecule has 0 unspecified atom stereocenters. The number of hydrogen-bond donors (Lipinski definition) is 3. The summed E-state index contributed by atoms with van der Waals surface area (Å²) in [5.74, 6) is 1.48. The van der Waals surface area contributed by atoms with Gasteiger partial charge in [-0.05, 0) is 44.0 Å². The number of amides is 1. The van der Waals surface area contributed by atoms with E-state index in [1.807, 2.05) is 31.2 Å². The molecule has 28 heavy (non-hydrogen) atoms. The zero-order valence-corrected chi connectivity index (χ0v) is 15.6. The SMILES string of the molecule is CCOc1ccc(-n2nnc3cnc(NC4CCCC4)nc32)cc1.NC(=O)O. The molecule has 4 N–H and O–H groups in total. The number of fused-ring (bicyclic) bond motifs is 1. The van der Waals surface area contributed by atoms with E-state index in [9.17, 15) is 0 Å². The molecule has 1 aliphatic carbocycles. The first kappa shape index (κ1) is 19.3. The fraction of sp³-hybridized carbons (Fsp3) is 0.389. The molecule has 1 aromatic carbocycles. The minimum Gasteiger partial charge on any atom is -0.494 e. The number of ether oxygens (including phenoxy) is 1. The lowest BCUT2D eigenvalue weighted by Gasteiger charge is -2.11. The van der Waals surface area contributed by atoms with Gasteiger partial charge in [0.15, 0.2) is 11.2 Å². The molecule has 0 saturated heterocycles. The summed E-state index contributed by atoms with van der Waals surface area (Å²) in [4.78, 5) is 17.8. The molecule has 1 aliphatic rings. The highest BCUT2D eigenvalue weighted by Crippen LogP contribution is 2.22. The van der Waals surface area contributed by atoms with Crippen LogP contribution in [0.2, 0.25) is 0 Å². The van der Waals surface area contributed by atoms with E-state index in [0.717, 1.165) is 11.4 Å². The van der Waals surface area contributed by atoms with Gasteiger partial charge in [-0.15, -0.1) is 5.10 Å². The van der Waals surface area contributed by atoms with Crippen molar-refractivity contribution in [2.45, 2.75) is 38.6 Å². The monoisotopic (exact) mass is 385 g/mol. The van der Waals surface area contributed by atoms with Crippen molar-refractivity contribution in [1.29, 1.82) is 0 Å². The molecule has 0 radical (unpaired) electrons. The predicted octanol–water partition coefficient (Wildman–Crippen LogP) is 2.59. The van der Waals surface area contributed by atoms with Crippen LogP contribution in [-0.2, 0) is 0 Å². The Kier molecular flexibility index (Phi) is 6.20. The molecule has 2 heterocycles. The molecule has 3 aromatic rings. The van der Waals surface area contributed by atoms with Crippen LogP contribution in [-0.4, -0.2) is 48.8 Å². The van der Waals surface area contributed by atoms with Crippen molar-refractivity contribution in [2.24, 2.45) is 5.73 Å². The number of nitrogens with zero attached hydrogens (tertiary/aromatic N) is 5. The number of nitrogens with one attached hydrogen (secondary N) is 1.